The van der Waals surface area contributed by atoms with Crippen LogP contribution in [0.5, 0.6) is 5.88 Å². The molecule has 0 atom stereocenters. The Balaban J connectivity index is 1.74. The van der Waals surface area contributed by atoms with Crippen molar-refractivity contribution in [2.45, 2.75) is 56.2 Å². The minimum absolute atomic E-state index is 0.0509. The zero-order valence-electron chi connectivity index (χ0n) is 13.4. The van der Waals surface area contributed by atoms with Crippen LogP contribution in [0.15, 0.2) is 29.1 Å². The van der Waals surface area contributed by atoms with Crippen molar-refractivity contribution in [2.24, 2.45) is 0 Å². The van der Waals surface area contributed by atoms with E-state index in [1.54, 1.807) is 0 Å². The van der Waals surface area contributed by atoms with Gasteiger partial charge in [0.25, 0.3) is 0 Å². The number of imidazole rings is 1. The fourth-order valence-corrected chi connectivity index (χ4v) is 5.45. The minimum atomic E-state index is -0.110. The van der Waals surface area contributed by atoms with E-state index in [0.717, 1.165) is 29.9 Å². The van der Waals surface area contributed by atoms with Crippen LogP contribution in [0.1, 0.15) is 48.9 Å². The first kappa shape index (κ1) is 14.9. The fraction of sp³-hybridized carbons (Fsp3) is 0.500. The molecule has 1 saturated carbocycles. The Kier molecular flexibility index (Phi) is 3.56. The quantitative estimate of drug-likeness (QED) is 0.915. The van der Waals surface area contributed by atoms with E-state index < -0.39 is 0 Å². The average molecular weight is 330 g/mol. The molecule has 122 valence electrons. The van der Waals surface area contributed by atoms with Gasteiger partial charge in [0, 0.05) is 5.75 Å². The van der Waals surface area contributed by atoms with Gasteiger partial charge in [0.15, 0.2) is 0 Å². The molecular formula is C18H22N2O2S. The first-order valence-electron chi connectivity index (χ1n) is 8.34. The zero-order valence-corrected chi connectivity index (χ0v) is 14.2. The summed E-state index contributed by atoms with van der Waals surface area (Å²) < 4.78 is 3.44. The minimum Gasteiger partial charge on any atom is -0.493 e. The maximum Gasteiger partial charge on any atom is 0.332 e. The normalized spacial score (nSPS) is 19.2. The number of nitrogens with zero attached hydrogens (tertiary/aromatic N) is 2. The Bertz CT molecular complexity index is 783. The summed E-state index contributed by atoms with van der Waals surface area (Å²) in [6.45, 7) is 2.48. The summed E-state index contributed by atoms with van der Waals surface area (Å²) in [6.07, 6.45) is 5.67. The van der Waals surface area contributed by atoms with Crippen molar-refractivity contribution in [3.8, 4) is 5.88 Å². The van der Waals surface area contributed by atoms with Crippen LogP contribution in [0, 0.1) is 6.92 Å². The maximum absolute atomic E-state index is 13.0. The van der Waals surface area contributed by atoms with Crippen LogP contribution >= 0.6 is 11.8 Å². The Hall–Kier alpha value is -1.62. The zero-order chi connectivity index (χ0) is 16.0. The Morgan fingerprint density at radius 2 is 1.87 bits per heavy atom. The number of aromatic hydroxyl groups is 1. The molecule has 1 fully saturated rings. The number of thioether (sulfide) groups is 1. The number of rotatable bonds is 2. The predicted molar refractivity (Wildman–Crippen MR) is 93.0 cm³/mol. The molecule has 5 heteroatoms. The number of benzene rings is 1. The lowest BCUT2D eigenvalue weighted by Gasteiger charge is -2.33. The van der Waals surface area contributed by atoms with Gasteiger partial charge < -0.3 is 5.11 Å². The van der Waals surface area contributed by atoms with Crippen LogP contribution in [0.4, 0.5) is 0 Å². The van der Waals surface area contributed by atoms with Crippen molar-refractivity contribution in [1.82, 2.24) is 9.13 Å². The van der Waals surface area contributed by atoms with E-state index in [1.165, 1.54) is 29.4 Å². The van der Waals surface area contributed by atoms with E-state index in [2.05, 4.69) is 0 Å². The summed E-state index contributed by atoms with van der Waals surface area (Å²) in [7, 11) is 0. The van der Waals surface area contributed by atoms with Gasteiger partial charge >= 0.3 is 5.69 Å². The molecule has 2 aromatic rings. The molecule has 0 unspecified atom stereocenters. The highest BCUT2D eigenvalue weighted by molar-refractivity contribution is 7.99. The highest BCUT2D eigenvalue weighted by Gasteiger charge is 2.44. The molecule has 0 amide bonds. The van der Waals surface area contributed by atoms with Crippen molar-refractivity contribution in [3.05, 3.63) is 51.6 Å². The summed E-state index contributed by atoms with van der Waals surface area (Å²) in [5.74, 6) is 0.896. The molecule has 0 saturated heterocycles. The second kappa shape index (κ2) is 5.48. The van der Waals surface area contributed by atoms with Gasteiger partial charge in [-0.25, -0.2) is 4.79 Å². The predicted octanol–water partition coefficient (Wildman–Crippen LogP) is 3.58. The monoisotopic (exact) mass is 330 g/mol. The molecule has 0 radical (unpaired) electrons. The summed E-state index contributed by atoms with van der Waals surface area (Å²) in [5.41, 5.74) is 3.00. The molecule has 1 aromatic heterocycles. The van der Waals surface area contributed by atoms with E-state index in [0.29, 0.717) is 6.54 Å². The molecule has 1 N–H and O–H groups in total. The number of hydrogen-bond donors (Lipinski definition) is 1. The van der Waals surface area contributed by atoms with Crippen molar-refractivity contribution >= 4 is 11.8 Å². The van der Waals surface area contributed by atoms with Crippen molar-refractivity contribution in [2.75, 3.05) is 0 Å². The van der Waals surface area contributed by atoms with Gasteiger partial charge in [0.05, 0.1) is 17.1 Å². The molecule has 4 nitrogen and oxygen atoms in total. The molecule has 0 bridgehead atoms. The van der Waals surface area contributed by atoms with Crippen LogP contribution in [-0.4, -0.2) is 14.2 Å². The van der Waals surface area contributed by atoms with Gasteiger partial charge in [-0.15, -0.1) is 11.8 Å². The molecule has 1 aliphatic heterocycles. The topological polar surface area (TPSA) is 47.2 Å². The summed E-state index contributed by atoms with van der Waals surface area (Å²) >= 11 is 1.84. The summed E-state index contributed by atoms with van der Waals surface area (Å²) in [6, 6.07) is 8.13. The molecule has 4 rings (SSSR count). The van der Waals surface area contributed by atoms with Gasteiger partial charge in [-0.1, -0.05) is 49.1 Å². The number of aromatic nitrogens is 2. The fourth-order valence-electron chi connectivity index (χ4n) is 3.89. The van der Waals surface area contributed by atoms with Gasteiger partial charge in [-0.2, -0.15) is 0 Å². The molecule has 2 heterocycles. The van der Waals surface area contributed by atoms with E-state index in [1.807, 2.05) is 47.5 Å². The van der Waals surface area contributed by atoms with Crippen molar-refractivity contribution in [3.63, 3.8) is 0 Å². The standard InChI is InChI=1S/C18H22N2O2S/c1-13-5-7-14(8-6-13)11-19-16(21)15-12-23-18(20(15)17(19)22)9-3-2-4-10-18/h5-8,21H,2-4,9-12H2,1H3. The lowest BCUT2D eigenvalue weighted by molar-refractivity contribution is 0.306. The third-order valence-electron chi connectivity index (χ3n) is 5.19. The Morgan fingerprint density at radius 1 is 1.17 bits per heavy atom. The van der Waals surface area contributed by atoms with E-state index in [9.17, 15) is 9.90 Å². The van der Waals surface area contributed by atoms with Gasteiger partial charge in [-0.05, 0) is 25.3 Å². The third kappa shape index (κ3) is 2.33. The smallest absolute Gasteiger partial charge is 0.332 e. The van der Waals surface area contributed by atoms with E-state index >= 15 is 0 Å². The first-order valence-corrected chi connectivity index (χ1v) is 9.33. The van der Waals surface area contributed by atoms with E-state index in [-0.39, 0.29) is 16.4 Å². The van der Waals surface area contributed by atoms with Gasteiger partial charge in [0.1, 0.15) is 0 Å². The Labute approximate surface area is 140 Å². The molecule has 1 aliphatic carbocycles. The summed E-state index contributed by atoms with van der Waals surface area (Å²) in [4.78, 5) is 12.9. The molecule has 1 aromatic carbocycles. The van der Waals surface area contributed by atoms with Crippen LogP contribution in [0.2, 0.25) is 0 Å². The lowest BCUT2D eigenvalue weighted by atomic mass is 9.94. The van der Waals surface area contributed by atoms with Crippen LogP contribution in [-0.2, 0) is 17.2 Å². The molecule has 2 aliphatic rings. The maximum atomic E-state index is 13.0. The van der Waals surface area contributed by atoms with Gasteiger partial charge in [0.2, 0.25) is 5.88 Å². The van der Waals surface area contributed by atoms with Crippen LogP contribution in [0.25, 0.3) is 0 Å². The second-order valence-corrected chi connectivity index (χ2v) is 8.09. The first-order chi connectivity index (χ1) is 11.1. The second-order valence-electron chi connectivity index (χ2n) is 6.76. The van der Waals surface area contributed by atoms with Crippen LogP contribution in [0.3, 0.4) is 0 Å². The number of fused-ring (bicyclic) bond motifs is 2. The number of hydrogen-bond acceptors (Lipinski definition) is 3. The number of aryl methyl sites for hydroxylation is 1. The Morgan fingerprint density at radius 3 is 2.57 bits per heavy atom. The van der Waals surface area contributed by atoms with Crippen LogP contribution < -0.4 is 5.69 Å². The molecule has 23 heavy (non-hydrogen) atoms. The average Bonchev–Trinajstić information content (AvgIpc) is 3.03. The SMILES string of the molecule is Cc1ccc(Cn2c(O)c3n(c2=O)C2(CCCCC2)SC3)cc1. The largest absolute Gasteiger partial charge is 0.493 e. The third-order valence-corrected chi connectivity index (χ3v) is 6.73. The van der Waals surface area contributed by atoms with Gasteiger partial charge in [-0.3, -0.25) is 9.13 Å². The van der Waals surface area contributed by atoms with Crippen molar-refractivity contribution in [1.29, 1.82) is 0 Å². The van der Waals surface area contributed by atoms with E-state index in [4.69, 9.17) is 0 Å². The van der Waals surface area contributed by atoms with Crippen molar-refractivity contribution < 1.29 is 5.11 Å². The molecule has 1 spiro atoms. The highest BCUT2D eigenvalue weighted by atomic mass is 32.2. The summed E-state index contributed by atoms with van der Waals surface area (Å²) in [5, 5.41) is 10.6. The lowest BCUT2D eigenvalue weighted by Crippen LogP contribution is -2.38. The molecular weight excluding hydrogens is 308 g/mol. The highest BCUT2D eigenvalue weighted by Crippen LogP contribution is 2.51.